The van der Waals surface area contributed by atoms with Crippen LogP contribution in [0.15, 0.2) is 47.1 Å². The van der Waals surface area contributed by atoms with E-state index in [4.69, 9.17) is 14.0 Å². The van der Waals surface area contributed by atoms with E-state index in [1.807, 2.05) is 19.1 Å². The summed E-state index contributed by atoms with van der Waals surface area (Å²) in [5, 5.41) is 3.92. The number of hydrogen-bond donors (Lipinski definition) is 0. The summed E-state index contributed by atoms with van der Waals surface area (Å²) in [6.45, 7) is 2.55. The summed E-state index contributed by atoms with van der Waals surface area (Å²) in [5.74, 6) is -0.312. The Morgan fingerprint density at radius 2 is 2.06 bits per heavy atom. The van der Waals surface area contributed by atoms with Gasteiger partial charge in [-0.3, -0.25) is 4.79 Å². The number of halogens is 3. The Morgan fingerprint density at radius 1 is 1.24 bits per heavy atom. The van der Waals surface area contributed by atoms with Gasteiger partial charge in [0.05, 0.1) is 23.7 Å². The van der Waals surface area contributed by atoms with Crippen molar-refractivity contribution >= 4 is 11.8 Å². The number of anilines is 1. The van der Waals surface area contributed by atoms with Gasteiger partial charge >= 0.3 is 12.1 Å². The van der Waals surface area contributed by atoms with Crippen LogP contribution < -0.4 is 9.64 Å². The number of benzene rings is 1. The summed E-state index contributed by atoms with van der Waals surface area (Å²) in [6.07, 6.45) is -2.19. The lowest BCUT2D eigenvalue weighted by Gasteiger charge is -2.33. The molecule has 1 saturated heterocycles. The van der Waals surface area contributed by atoms with Gasteiger partial charge in [-0.2, -0.15) is 18.2 Å². The number of rotatable bonds is 7. The molecule has 0 bridgehead atoms. The van der Waals surface area contributed by atoms with Gasteiger partial charge in [0.15, 0.2) is 6.61 Å². The zero-order valence-electron chi connectivity index (χ0n) is 18.4. The van der Waals surface area contributed by atoms with Crippen LogP contribution in [-0.2, 0) is 22.3 Å². The lowest BCUT2D eigenvalue weighted by atomic mass is 9.98. The molecule has 0 aliphatic carbocycles. The fourth-order valence-electron chi connectivity index (χ4n) is 3.84. The van der Waals surface area contributed by atoms with Gasteiger partial charge in [0.2, 0.25) is 5.82 Å². The van der Waals surface area contributed by atoms with Crippen LogP contribution in [0.5, 0.6) is 5.75 Å². The smallest absolute Gasteiger partial charge is 0.419 e. The molecule has 1 aromatic carbocycles. The average Bonchev–Trinajstić information content (AvgIpc) is 3.31. The first-order valence-electron chi connectivity index (χ1n) is 10.9. The van der Waals surface area contributed by atoms with E-state index in [1.54, 1.807) is 12.1 Å². The second kappa shape index (κ2) is 10.1. The van der Waals surface area contributed by atoms with Gasteiger partial charge in [-0.25, -0.2) is 4.98 Å². The molecule has 4 rings (SSSR count). The number of para-hydroxylation sites is 1. The van der Waals surface area contributed by atoms with Crippen molar-refractivity contribution in [3.63, 3.8) is 0 Å². The number of hydrogen-bond acceptors (Lipinski definition) is 8. The fourth-order valence-corrected chi connectivity index (χ4v) is 3.84. The zero-order valence-corrected chi connectivity index (χ0v) is 18.4. The molecular weight excluding hydrogens is 453 g/mol. The first-order valence-corrected chi connectivity index (χ1v) is 10.9. The maximum atomic E-state index is 13.4. The number of piperidine rings is 1. The lowest BCUT2D eigenvalue weighted by Crippen LogP contribution is -2.40. The second-order valence-electron chi connectivity index (χ2n) is 7.71. The Bertz CT molecular complexity index is 1140. The molecule has 3 heterocycles. The monoisotopic (exact) mass is 476 g/mol. The van der Waals surface area contributed by atoms with E-state index >= 15 is 0 Å². The minimum Gasteiger partial charge on any atom is -0.493 e. The number of alkyl halides is 3. The zero-order chi connectivity index (χ0) is 24.1. The van der Waals surface area contributed by atoms with Crippen molar-refractivity contribution in [3.8, 4) is 17.1 Å². The largest absolute Gasteiger partial charge is 0.493 e. The summed E-state index contributed by atoms with van der Waals surface area (Å²) in [7, 11) is 0. The van der Waals surface area contributed by atoms with Crippen LogP contribution in [0.3, 0.4) is 0 Å². The van der Waals surface area contributed by atoms with Crippen LogP contribution in [0.25, 0.3) is 11.4 Å². The van der Waals surface area contributed by atoms with E-state index in [9.17, 15) is 18.0 Å². The summed E-state index contributed by atoms with van der Waals surface area (Å²) < 4.78 is 56.2. The van der Waals surface area contributed by atoms with E-state index in [0.717, 1.165) is 6.07 Å². The highest BCUT2D eigenvalue weighted by molar-refractivity contribution is 5.73. The highest BCUT2D eigenvalue weighted by atomic mass is 19.4. The van der Waals surface area contributed by atoms with E-state index in [2.05, 4.69) is 15.1 Å². The number of carbonyl (C=O) groups excluding carboxylic acids is 1. The molecule has 3 aromatic rings. The standard InChI is InChI=1S/C23H23F3N4O4/c1-2-32-18-10-4-3-8-16(18)20-28-19(34-29-20)14-33-22(31)15-7-6-12-30(13-15)21-17(23(24,25)26)9-5-11-27-21/h3-5,8-11,15H,2,6-7,12-14H2,1H3. The van der Waals surface area contributed by atoms with Crippen molar-refractivity contribution in [2.24, 2.45) is 5.92 Å². The minimum absolute atomic E-state index is 0.0791. The Labute approximate surface area is 193 Å². The predicted molar refractivity (Wildman–Crippen MR) is 115 cm³/mol. The molecule has 8 nitrogen and oxygen atoms in total. The first kappa shape index (κ1) is 23.5. The SMILES string of the molecule is CCOc1ccccc1-c1noc(COC(=O)C2CCCN(c3ncccc3C(F)(F)F)C2)n1. The van der Waals surface area contributed by atoms with Crippen molar-refractivity contribution in [2.45, 2.75) is 32.5 Å². The number of ether oxygens (including phenoxy) is 2. The topological polar surface area (TPSA) is 90.6 Å². The van der Waals surface area contributed by atoms with Gasteiger partial charge in [0, 0.05) is 19.3 Å². The molecule has 1 unspecified atom stereocenters. The maximum Gasteiger partial charge on any atom is 0.419 e. The highest BCUT2D eigenvalue weighted by Crippen LogP contribution is 2.36. The summed E-state index contributed by atoms with van der Waals surface area (Å²) in [6, 6.07) is 9.45. The molecule has 1 aliphatic rings. The Balaban J connectivity index is 1.39. The quantitative estimate of drug-likeness (QED) is 0.460. The molecule has 1 fully saturated rings. The van der Waals surface area contributed by atoms with Gasteiger partial charge in [0.25, 0.3) is 5.89 Å². The van der Waals surface area contributed by atoms with Crippen molar-refractivity contribution < 1.29 is 32.0 Å². The van der Waals surface area contributed by atoms with Crippen LogP contribution in [0.1, 0.15) is 31.2 Å². The third-order valence-corrected chi connectivity index (χ3v) is 5.38. The van der Waals surface area contributed by atoms with Crippen molar-refractivity contribution in [2.75, 3.05) is 24.6 Å². The van der Waals surface area contributed by atoms with Gasteiger partial charge < -0.3 is 18.9 Å². The number of pyridine rings is 1. The number of carbonyl (C=O) groups is 1. The van der Waals surface area contributed by atoms with E-state index < -0.39 is 23.6 Å². The number of esters is 1. The molecule has 0 N–H and O–H groups in total. The van der Waals surface area contributed by atoms with E-state index in [0.29, 0.717) is 43.1 Å². The molecule has 1 aliphatic heterocycles. The number of nitrogens with zero attached hydrogens (tertiary/aromatic N) is 4. The Hall–Kier alpha value is -3.63. The van der Waals surface area contributed by atoms with Gasteiger partial charge in [-0.15, -0.1) is 0 Å². The lowest BCUT2D eigenvalue weighted by molar-refractivity contribution is -0.151. The van der Waals surface area contributed by atoms with Crippen molar-refractivity contribution in [3.05, 3.63) is 54.0 Å². The van der Waals surface area contributed by atoms with Crippen LogP contribution in [0, 0.1) is 5.92 Å². The van der Waals surface area contributed by atoms with Gasteiger partial charge in [0.1, 0.15) is 11.6 Å². The summed E-state index contributed by atoms with van der Waals surface area (Å²) in [4.78, 5) is 22.3. The molecule has 34 heavy (non-hydrogen) atoms. The molecule has 2 aromatic heterocycles. The third kappa shape index (κ3) is 5.29. The molecule has 0 spiro atoms. The van der Waals surface area contributed by atoms with Crippen LogP contribution in [-0.4, -0.2) is 40.8 Å². The molecule has 0 radical (unpaired) electrons. The molecular formula is C23H23F3N4O4. The maximum absolute atomic E-state index is 13.4. The number of aromatic nitrogens is 3. The van der Waals surface area contributed by atoms with Gasteiger partial charge in [-0.05, 0) is 44.0 Å². The normalized spacial score (nSPS) is 16.4. The minimum atomic E-state index is -4.53. The van der Waals surface area contributed by atoms with Crippen molar-refractivity contribution in [1.82, 2.24) is 15.1 Å². The molecule has 180 valence electrons. The molecule has 0 amide bonds. The Kier molecular flexibility index (Phi) is 6.99. The molecule has 11 heteroatoms. The average molecular weight is 476 g/mol. The second-order valence-corrected chi connectivity index (χ2v) is 7.71. The fraction of sp³-hybridized carbons (Fsp3) is 0.391. The summed E-state index contributed by atoms with van der Waals surface area (Å²) in [5.41, 5.74) is -0.181. The summed E-state index contributed by atoms with van der Waals surface area (Å²) >= 11 is 0. The Morgan fingerprint density at radius 3 is 2.85 bits per heavy atom. The van der Waals surface area contributed by atoms with Crippen LogP contribution in [0.2, 0.25) is 0 Å². The molecule has 1 atom stereocenters. The van der Waals surface area contributed by atoms with Crippen molar-refractivity contribution in [1.29, 1.82) is 0 Å². The predicted octanol–water partition coefficient (Wildman–Crippen LogP) is 4.51. The van der Waals surface area contributed by atoms with Crippen LogP contribution >= 0.6 is 0 Å². The van der Waals surface area contributed by atoms with E-state index in [-0.39, 0.29) is 24.9 Å². The first-order chi connectivity index (χ1) is 16.4. The van der Waals surface area contributed by atoms with Crippen LogP contribution in [0.4, 0.5) is 19.0 Å². The van der Waals surface area contributed by atoms with E-state index in [1.165, 1.54) is 17.2 Å². The molecule has 0 saturated carbocycles. The third-order valence-electron chi connectivity index (χ3n) is 5.38. The highest BCUT2D eigenvalue weighted by Gasteiger charge is 2.37. The van der Waals surface area contributed by atoms with Gasteiger partial charge in [-0.1, -0.05) is 17.3 Å².